The van der Waals surface area contributed by atoms with Crippen molar-refractivity contribution in [3.63, 3.8) is 0 Å². The second-order valence-corrected chi connectivity index (χ2v) is 13.6. The Labute approximate surface area is 229 Å². The number of hydrogen-bond donors (Lipinski definition) is 6. The smallest absolute Gasteiger partial charge is 0.0906 e. The van der Waals surface area contributed by atoms with E-state index >= 15 is 0 Å². The molecule has 0 bridgehead atoms. The van der Waals surface area contributed by atoms with E-state index in [0.717, 1.165) is 25.7 Å². The summed E-state index contributed by atoms with van der Waals surface area (Å²) < 4.78 is 11.2. The lowest BCUT2D eigenvalue weighted by atomic mass is 9.63. The second kappa shape index (κ2) is 12.8. The molecule has 2 aliphatic rings. The first-order valence-corrected chi connectivity index (χ1v) is 14.1. The van der Waals surface area contributed by atoms with Crippen LogP contribution in [0.15, 0.2) is 24.3 Å². The zero-order valence-corrected chi connectivity index (χ0v) is 24.4. The van der Waals surface area contributed by atoms with Gasteiger partial charge in [-0.05, 0) is 39.5 Å². The van der Waals surface area contributed by atoms with Gasteiger partial charge in [0.05, 0.1) is 47.8 Å². The summed E-state index contributed by atoms with van der Waals surface area (Å²) in [6.07, 6.45) is 9.59. The summed E-state index contributed by atoms with van der Waals surface area (Å²) in [7, 11) is 0. The van der Waals surface area contributed by atoms with Gasteiger partial charge < -0.3 is 40.1 Å². The fraction of sp³-hybridized carbons (Fsp3) is 0.867. The molecule has 0 spiro atoms. The number of hydrogen-bond acceptors (Lipinski definition) is 8. The maximum atomic E-state index is 11.1. The third-order valence-corrected chi connectivity index (χ3v) is 8.42. The normalized spacial score (nSPS) is 35.8. The number of aliphatic hydroxyl groups excluding tert-OH is 2. The largest absolute Gasteiger partial charge is 0.391 e. The van der Waals surface area contributed by atoms with Gasteiger partial charge in [0.25, 0.3) is 0 Å². The first-order chi connectivity index (χ1) is 17.3. The minimum absolute atomic E-state index is 0.152. The van der Waals surface area contributed by atoms with Gasteiger partial charge in [-0.25, -0.2) is 0 Å². The van der Waals surface area contributed by atoms with Crippen LogP contribution in [0.25, 0.3) is 0 Å². The fourth-order valence-electron chi connectivity index (χ4n) is 6.02. The maximum absolute atomic E-state index is 11.1. The molecule has 0 aliphatic heterocycles. The van der Waals surface area contributed by atoms with E-state index in [4.69, 9.17) is 9.47 Å². The van der Waals surface area contributed by atoms with Crippen LogP contribution in [-0.4, -0.2) is 91.7 Å². The lowest BCUT2D eigenvalue weighted by Crippen LogP contribution is -2.52. The molecule has 0 radical (unpaired) electrons. The molecule has 0 aromatic carbocycles. The Morgan fingerprint density at radius 2 is 0.921 bits per heavy atom. The van der Waals surface area contributed by atoms with Gasteiger partial charge in [-0.3, -0.25) is 0 Å². The van der Waals surface area contributed by atoms with E-state index < -0.39 is 45.4 Å². The molecule has 0 aromatic rings. The van der Waals surface area contributed by atoms with Crippen LogP contribution in [0.1, 0.15) is 92.9 Å². The SMILES string of the molecule is CC1(O)C=CC(O)(CC(O)COCCCCCCOCC(O)CC2(O)C=CC(C)(O)CC2(C)C)C(C)(C)C1. The van der Waals surface area contributed by atoms with E-state index in [1.54, 1.807) is 38.2 Å². The van der Waals surface area contributed by atoms with Crippen molar-refractivity contribution in [3.8, 4) is 0 Å². The molecule has 222 valence electrons. The average Bonchev–Trinajstić information content (AvgIpc) is 2.74. The predicted octanol–water partition coefficient (Wildman–Crippen LogP) is 3.02. The minimum atomic E-state index is -1.20. The van der Waals surface area contributed by atoms with Gasteiger partial charge in [-0.1, -0.05) is 64.8 Å². The summed E-state index contributed by atoms with van der Waals surface area (Å²) >= 11 is 0. The number of aliphatic hydroxyl groups is 6. The highest BCUT2D eigenvalue weighted by Crippen LogP contribution is 2.47. The zero-order valence-electron chi connectivity index (χ0n) is 24.4. The standard InChI is InChI=1S/C30H54O8/c1-25(2)21-27(5,33)11-13-29(25,35)17-23(31)19-37-15-9-7-8-10-16-38-20-24(32)18-30(36)14-12-28(6,34)22-26(30,3)4/h11-14,23-24,31-36H,7-10,15-22H2,1-6H3. The fourth-order valence-corrected chi connectivity index (χ4v) is 6.02. The first kappa shape index (κ1) is 33.4. The Kier molecular flexibility index (Phi) is 11.2. The molecule has 0 amide bonds. The van der Waals surface area contributed by atoms with Gasteiger partial charge in [0.2, 0.25) is 0 Å². The second-order valence-electron chi connectivity index (χ2n) is 13.6. The highest BCUT2D eigenvalue weighted by molar-refractivity contribution is 5.21. The van der Waals surface area contributed by atoms with E-state index in [1.807, 2.05) is 27.7 Å². The molecule has 0 aromatic heterocycles. The topological polar surface area (TPSA) is 140 Å². The van der Waals surface area contributed by atoms with Gasteiger partial charge in [0, 0.05) is 36.9 Å². The van der Waals surface area contributed by atoms with Crippen molar-refractivity contribution >= 4 is 0 Å². The summed E-state index contributed by atoms with van der Waals surface area (Å²) in [6, 6.07) is 0. The van der Waals surface area contributed by atoms with Crippen molar-refractivity contribution in [2.24, 2.45) is 10.8 Å². The lowest BCUT2D eigenvalue weighted by molar-refractivity contribution is -0.107. The van der Waals surface area contributed by atoms with Gasteiger partial charge in [0.15, 0.2) is 0 Å². The molecular formula is C30H54O8. The summed E-state index contributed by atoms with van der Waals surface area (Å²) in [4.78, 5) is 0. The highest BCUT2D eigenvalue weighted by atomic mass is 16.5. The summed E-state index contributed by atoms with van der Waals surface area (Å²) in [5, 5.41) is 63.4. The predicted molar refractivity (Wildman–Crippen MR) is 148 cm³/mol. The van der Waals surface area contributed by atoms with E-state index in [-0.39, 0.29) is 26.1 Å². The number of rotatable bonds is 15. The average molecular weight is 543 g/mol. The molecule has 8 nitrogen and oxygen atoms in total. The zero-order chi connectivity index (χ0) is 28.9. The summed E-state index contributed by atoms with van der Waals surface area (Å²) in [5.41, 5.74) is -5.47. The quantitative estimate of drug-likeness (QED) is 0.137. The summed E-state index contributed by atoms with van der Waals surface area (Å²) in [5.74, 6) is 0. The molecule has 0 saturated carbocycles. The Balaban J connectivity index is 1.54. The van der Waals surface area contributed by atoms with Gasteiger partial charge in [-0.2, -0.15) is 0 Å². The van der Waals surface area contributed by atoms with Crippen molar-refractivity contribution in [3.05, 3.63) is 24.3 Å². The molecule has 2 rings (SSSR count). The van der Waals surface area contributed by atoms with Crippen LogP contribution in [-0.2, 0) is 9.47 Å². The Bertz CT molecular complexity index is 736. The van der Waals surface area contributed by atoms with E-state index in [9.17, 15) is 30.6 Å². The molecule has 6 atom stereocenters. The molecular weight excluding hydrogens is 488 g/mol. The van der Waals surface area contributed by atoms with Gasteiger partial charge >= 0.3 is 0 Å². The summed E-state index contributed by atoms with van der Waals surface area (Å²) in [6.45, 7) is 12.4. The molecule has 6 unspecified atom stereocenters. The third-order valence-electron chi connectivity index (χ3n) is 8.42. The molecule has 2 aliphatic carbocycles. The number of unbranched alkanes of at least 4 members (excludes halogenated alkanes) is 3. The van der Waals surface area contributed by atoms with Crippen molar-refractivity contribution in [2.45, 2.75) is 128 Å². The molecule has 0 fully saturated rings. The van der Waals surface area contributed by atoms with Crippen LogP contribution < -0.4 is 0 Å². The van der Waals surface area contributed by atoms with Crippen LogP contribution in [0.4, 0.5) is 0 Å². The first-order valence-electron chi connectivity index (χ1n) is 14.1. The Morgan fingerprint density at radius 3 is 1.24 bits per heavy atom. The molecule has 0 saturated heterocycles. The monoisotopic (exact) mass is 542 g/mol. The van der Waals surface area contributed by atoms with Crippen LogP contribution in [0.3, 0.4) is 0 Å². The van der Waals surface area contributed by atoms with Crippen molar-refractivity contribution in [1.82, 2.24) is 0 Å². The highest BCUT2D eigenvalue weighted by Gasteiger charge is 2.50. The van der Waals surface area contributed by atoms with E-state index in [1.165, 1.54) is 0 Å². The lowest BCUT2D eigenvalue weighted by Gasteiger charge is -2.48. The van der Waals surface area contributed by atoms with Crippen LogP contribution >= 0.6 is 0 Å². The van der Waals surface area contributed by atoms with Crippen molar-refractivity contribution < 1.29 is 40.1 Å². The van der Waals surface area contributed by atoms with E-state index in [0.29, 0.717) is 26.1 Å². The molecule has 38 heavy (non-hydrogen) atoms. The van der Waals surface area contributed by atoms with Gasteiger partial charge in [0.1, 0.15) is 0 Å². The third kappa shape index (κ3) is 9.37. The molecule has 8 heteroatoms. The minimum Gasteiger partial charge on any atom is -0.391 e. The van der Waals surface area contributed by atoms with Crippen LogP contribution in [0.2, 0.25) is 0 Å². The molecule has 6 N–H and O–H groups in total. The van der Waals surface area contributed by atoms with Crippen molar-refractivity contribution in [2.75, 3.05) is 26.4 Å². The van der Waals surface area contributed by atoms with Crippen LogP contribution in [0.5, 0.6) is 0 Å². The molecule has 0 heterocycles. The van der Waals surface area contributed by atoms with Crippen molar-refractivity contribution in [1.29, 1.82) is 0 Å². The van der Waals surface area contributed by atoms with Gasteiger partial charge in [-0.15, -0.1) is 0 Å². The Hall–Kier alpha value is -0.840. The van der Waals surface area contributed by atoms with E-state index in [2.05, 4.69) is 0 Å². The van der Waals surface area contributed by atoms with Crippen LogP contribution in [0, 0.1) is 10.8 Å². The Morgan fingerprint density at radius 1 is 0.579 bits per heavy atom. The maximum Gasteiger partial charge on any atom is 0.0906 e. The number of ether oxygens (including phenoxy) is 2.